The lowest BCUT2D eigenvalue weighted by atomic mass is 10.1. The Morgan fingerprint density at radius 2 is 0.875 bits per heavy atom. The quantitative estimate of drug-likeness (QED) is 0.0564. The van der Waals surface area contributed by atoms with Gasteiger partial charge in [0.1, 0.15) is 10.8 Å². The van der Waals surface area contributed by atoms with E-state index in [-0.39, 0.29) is 25.7 Å². The van der Waals surface area contributed by atoms with Crippen molar-refractivity contribution in [3.05, 3.63) is 0 Å². The number of rotatable bonds is 18. The van der Waals surface area contributed by atoms with Gasteiger partial charge >= 0.3 is 22.7 Å². The molecule has 0 aliphatic carbocycles. The van der Waals surface area contributed by atoms with Crippen LogP contribution in [0.4, 0.5) is 17.6 Å². The van der Waals surface area contributed by atoms with Crippen molar-refractivity contribution in [2.24, 2.45) is 0 Å². The number of hydrogen-bond acceptors (Lipinski definition) is 4. The molecule has 2 atom stereocenters. The van der Waals surface area contributed by atoms with Crippen molar-refractivity contribution in [3.8, 4) is 0 Å². The second kappa shape index (κ2) is 17.3. The number of unbranched alkanes of at least 4 members (excludes halogenated alkanes) is 8. The normalized spacial score (nSPS) is 14.1. The van der Waals surface area contributed by atoms with Gasteiger partial charge in [0.2, 0.25) is 0 Å². The SMILES string of the molecule is O=C(OOC(=O)C(Cl)CCCCCCCC(F)(F)Cl)C(Cl)CCCCCCCC(F)(F)Cl. The van der Waals surface area contributed by atoms with Gasteiger partial charge in [0.05, 0.1) is 0 Å². The molecule has 0 saturated heterocycles. The van der Waals surface area contributed by atoms with E-state index in [0.29, 0.717) is 64.2 Å². The summed E-state index contributed by atoms with van der Waals surface area (Å²) in [5, 5.41) is -8.36. The maximum absolute atomic E-state index is 12.5. The van der Waals surface area contributed by atoms with E-state index in [4.69, 9.17) is 46.4 Å². The first-order valence-corrected chi connectivity index (χ1v) is 12.3. The van der Waals surface area contributed by atoms with Gasteiger partial charge in [0.15, 0.2) is 0 Å². The van der Waals surface area contributed by atoms with Crippen molar-refractivity contribution >= 4 is 58.3 Å². The lowest BCUT2D eigenvalue weighted by Crippen LogP contribution is -2.24. The summed E-state index contributed by atoms with van der Waals surface area (Å²) in [7, 11) is 0. The van der Waals surface area contributed by atoms with Crippen LogP contribution in [0.15, 0.2) is 0 Å². The average molecular weight is 552 g/mol. The molecule has 0 saturated carbocycles. The molecular weight excluding hydrogens is 522 g/mol. The fourth-order valence-corrected chi connectivity index (χ4v) is 3.43. The van der Waals surface area contributed by atoms with Crippen LogP contribution in [-0.4, -0.2) is 33.5 Å². The third kappa shape index (κ3) is 20.4. The molecule has 4 nitrogen and oxygen atoms in total. The lowest BCUT2D eigenvalue weighted by molar-refractivity contribution is -0.258. The average Bonchev–Trinajstić information content (AvgIpc) is 2.68. The van der Waals surface area contributed by atoms with E-state index in [9.17, 15) is 27.2 Å². The largest absolute Gasteiger partial charge is 0.373 e. The summed E-state index contributed by atoms with van der Waals surface area (Å²) in [5.74, 6) is -1.83. The highest BCUT2D eigenvalue weighted by molar-refractivity contribution is 6.30. The molecule has 0 rings (SSSR count). The van der Waals surface area contributed by atoms with Crippen LogP contribution in [0.2, 0.25) is 0 Å². The summed E-state index contributed by atoms with van der Waals surface area (Å²) in [6, 6.07) is 0. The van der Waals surface area contributed by atoms with E-state index in [2.05, 4.69) is 9.78 Å². The molecule has 0 bridgehead atoms. The number of halogens is 8. The second-order valence-electron chi connectivity index (χ2n) is 7.58. The zero-order valence-electron chi connectivity index (χ0n) is 17.7. The van der Waals surface area contributed by atoms with Crippen molar-refractivity contribution in [1.29, 1.82) is 0 Å². The van der Waals surface area contributed by atoms with E-state index in [1.807, 2.05) is 0 Å². The molecule has 0 spiro atoms. The van der Waals surface area contributed by atoms with Crippen molar-refractivity contribution in [3.63, 3.8) is 0 Å². The Labute approximate surface area is 206 Å². The smallest absolute Gasteiger partial charge is 0.246 e. The summed E-state index contributed by atoms with van der Waals surface area (Å²) in [4.78, 5) is 32.3. The Morgan fingerprint density at radius 1 is 0.594 bits per heavy atom. The minimum atomic E-state index is -3.17. The Morgan fingerprint density at radius 3 is 1.19 bits per heavy atom. The van der Waals surface area contributed by atoms with Crippen molar-refractivity contribution in [2.45, 2.75) is 111 Å². The molecule has 0 aromatic rings. The van der Waals surface area contributed by atoms with E-state index in [1.54, 1.807) is 0 Å². The Bertz CT molecular complexity index is 485. The van der Waals surface area contributed by atoms with Gasteiger partial charge < -0.3 is 0 Å². The minimum Gasteiger partial charge on any atom is -0.246 e. The zero-order valence-corrected chi connectivity index (χ0v) is 20.7. The van der Waals surface area contributed by atoms with Crippen LogP contribution in [0.1, 0.15) is 89.9 Å². The Kier molecular flexibility index (Phi) is 17.2. The molecule has 0 N–H and O–H groups in total. The van der Waals surface area contributed by atoms with E-state index in [1.165, 1.54) is 0 Å². The van der Waals surface area contributed by atoms with Crippen LogP contribution in [0.5, 0.6) is 0 Å². The Balaban J connectivity index is 3.75. The van der Waals surface area contributed by atoms with Crippen LogP contribution in [0.3, 0.4) is 0 Å². The number of alkyl halides is 8. The van der Waals surface area contributed by atoms with Gasteiger partial charge in [0.25, 0.3) is 0 Å². The highest BCUT2D eigenvalue weighted by atomic mass is 35.5. The van der Waals surface area contributed by atoms with Crippen molar-refractivity contribution in [1.82, 2.24) is 0 Å². The third-order valence-electron chi connectivity index (χ3n) is 4.55. The number of carbonyl (C=O) groups is 2. The van der Waals surface area contributed by atoms with E-state index < -0.39 is 33.5 Å². The molecule has 0 aromatic carbocycles. The minimum absolute atomic E-state index is 0.281. The van der Waals surface area contributed by atoms with Gasteiger partial charge in [0, 0.05) is 12.8 Å². The molecule has 0 heterocycles. The van der Waals surface area contributed by atoms with Crippen LogP contribution < -0.4 is 0 Å². The molecule has 0 amide bonds. The first-order valence-electron chi connectivity index (χ1n) is 10.7. The molecule has 0 radical (unpaired) electrons. The summed E-state index contributed by atoms with van der Waals surface area (Å²) in [6.07, 6.45) is 5.58. The Hall–Kier alpha value is -0.180. The van der Waals surface area contributed by atoms with Gasteiger partial charge in [-0.3, -0.25) is 0 Å². The number of hydrogen-bond donors (Lipinski definition) is 0. The molecule has 190 valence electrons. The predicted molar refractivity (Wildman–Crippen MR) is 118 cm³/mol. The monoisotopic (exact) mass is 550 g/mol. The predicted octanol–water partition coefficient (Wildman–Crippen LogP) is 8.33. The van der Waals surface area contributed by atoms with Crippen molar-refractivity contribution < 1.29 is 36.9 Å². The number of carbonyl (C=O) groups excluding carboxylic acids is 2. The molecule has 0 fully saturated rings. The van der Waals surface area contributed by atoms with Gasteiger partial charge in [-0.15, -0.1) is 23.2 Å². The fraction of sp³-hybridized carbons (Fsp3) is 0.900. The van der Waals surface area contributed by atoms with Crippen LogP contribution in [0.25, 0.3) is 0 Å². The molecule has 0 aliphatic rings. The summed E-state index contributed by atoms with van der Waals surface area (Å²) in [5.41, 5.74) is 0. The van der Waals surface area contributed by atoms with Gasteiger partial charge in [-0.05, 0) is 48.9 Å². The molecule has 2 unspecified atom stereocenters. The first kappa shape index (κ1) is 31.8. The molecule has 0 aliphatic heterocycles. The molecule has 32 heavy (non-hydrogen) atoms. The van der Waals surface area contributed by atoms with Crippen molar-refractivity contribution in [2.75, 3.05) is 0 Å². The maximum Gasteiger partial charge on any atom is 0.373 e. The zero-order chi connectivity index (χ0) is 24.6. The second-order valence-corrected chi connectivity index (χ2v) is 9.74. The van der Waals surface area contributed by atoms with Crippen LogP contribution >= 0.6 is 46.4 Å². The maximum atomic E-state index is 12.5. The standard InChI is InChI=1S/C20H30Cl4F4O4/c21-15(11-7-3-1-5-9-13-19(23,25)26)17(29)31-32-18(30)16(22)12-8-4-2-6-10-14-20(24,27)28/h15-16H,1-14H2. The van der Waals surface area contributed by atoms with Crippen LogP contribution in [0, 0.1) is 0 Å². The first-order chi connectivity index (χ1) is 14.8. The summed E-state index contributed by atoms with van der Waals surface area (Å²) in [6.45, 7) is 0. The summed E-state index contributed by atoms with van der Waals surface area (Å²) < 4.78 is 49.8. The topological polar surface area (TPSA) is 52.6 Å². The highest BCUT2D eigenvalue weighted by Crippen LogP contribution is 2.27. The van der Waals surface area contributed by atoms with Crippen LogP contribution in [-0.2, 0) is 19.4 Å². The highest BCUT2D eigenvalue weighted by Gasteiger charge is 2.25. The third-order valence-corrected chi connectivity index (χ3v) is 5.72. The summed E-state index contributed by atoms with van der Waals surface area (Å²) >= 11 is 21.4. The van der Waals surface area contributed by atoms with Gasteiger partial charge in [-0.25, -0.2) is 19.4 Å². The van der Waals surface area contributed by atoms with Gasteiger partial charge in [-0.1, -0.05) is 51.4 Å². The van der Waals surface area contributed by atoms with E-state index in [0.717, 1.165) is 0 Å². The molecule has 12 heteroatoms. The fourth-order valence-electron chi connectivity index (χ4n) is 2.78. The molecular formula is C20H30Cl4F4O4. The van der Waals surface area contributed by atoms with Gasteiger partial charge in [-0.2, -0.15) is 17.6 Å². The van der Waals surface area contributed by atoms with E-state index >= 15 is 0 Å². The molecule has 0 aromatic heterocycles. The lowest BCUT2D eigenvalue weighted by Gasteiger charge is -2.11.